The third-order valence-corrected chi connectivity index (χ3v) is 3.83. The molecule has 2 aromatic carbocycles. The lowest BCUT2D eigenvalue weighted by Gasteiger charge is -2.10. The molecule has 0 atom stereocenters. The SMILES string of the molecule is COc1cc(C(=O)OCC(=O)NCCc2ccccc2)c([N+](=O)[O-])cc1OC. The standard InChI is InChI=1S/C19H20N2O7/c1-26-16-10-14(15(21(24)25)11-17(16)27-2)19(23)28-12-18(22)20-9-8-13-6-4-3-5-7-13/h3-7,10-11H,8-9,12H2,1-2H3,(H,20,22). The van der Waals surface area contributed by atoms with Crippen LogP contribution in [0, 0.1) is 10.1 Å². The number of carbonyl (C=O) groups is 2. The molecule has 2 aromatic rings. The molecule has 2 rings (SSSR count). The Bertz CT molecular complexity index is 853. The summed E-state index contributed by atoms with van der Waals surface area (Å²) in [5.74, 6) is -1.28. The highest BCUT2D eigenvalue weighted by Crippen LogP contribution is 2.34. The monoisotopic (exact) mass is 388 g/mol. The molecular weight excluding hydrogens is 368 g/mol. The Morgan fingerprint density at radius 2 is 1.71 bits per heavy atom. The number of benzene rings is 2. The fraction of sp³-hybridized carbons (Fsp3) is 0.263. The molecule has 0 bridgehead atoms. The van der Waals surface area contributed by atoms with E-state index in [0.29, 0.717) is 13.0 Å². The fourth-order valence-corrected chi connectivity index (χ4v) is 2.43. The van der Waals surface area contributed by atoms with Gasteiger partial charge >= 0.3 is 5.97 Å². The van der Waals surface area contributed by atoms with Crippen LogP contribution in [0.25, 0.3) is 0 Å². The van der Waals surface area contributed by atoms with Crippen molar-refractivity contribution in [3.05, 3.63) is 63.7 Å². The zero-order valence-corrected chi connectivity index (χ0v) is 15.5. The first-order valence-corrected chi connectivity index (χ1v) is 8.34. The molecule has 148 valence electrons. The largest absolute Gasteiger partial charge is 0.493 e. The highest BCUT2D eigenvalue weighted by atomic mass is 16.6. The third-order valence-electron chi connectivity index (χ3n) is 3.83. The summed E-state index contributed by atoms with van der Waals surface area (Å²) in [6, 6.07) is 11.8. The summed E-state index contributed by atoms with van der Waals surface area (Å²) in [4.78, 5) is 34.6. The number of methoxy groups -OCH3 is 2. The molecule has 0 heterocycles. The van der Waals surface area contributed by atoms with Crippen molar-refractivity contribution in [1.82, 2.24) is 5.32 Å². The van der Waals surface area contributed by atoms with E-state index in [-0.39, 0.29) is 17.1 Å². The Morgan fingerprint density at radius 3 is 2.32 bits per heavy atom. The van der Waals surface area contributed by atoms with Crippen molar-refractivity contribution in [2.24, 2.45) is 0 Å². The zero-order chi connectivity index (χ0) is 20.5. The number of rotatable bonds is 9. The Kier molecular flexibility index (Phi) is 7.32. The number of nitro benzene ring substituents is 1. The predicted molar refractivity (Wildman–Crippen MR) is 99.6 cm³/mol. The van der Waals surface area contributed by atoms with Gasteiger partial charge < -0.3 is 19.5 Å². The first-order chi connectivity index (χ1) is 13.5. The van der Waals surface area contributed by atoms with Crippen molar-refractivity contribution >= 4 is 17.6 Å². The van der Waals surface area contributed by atoms with Gasteiger partial charge in [-0.05, 0) is 12.0 Å². The molecule has 0 radical (unpaired) electrons. The van der Waals surface area contributed by atoms with Gasteiger partial charge in [0.25, 0.3) is 11.6 Å². The van der Waals surface area contributed by atoms with Crippen molar-refractivity contribution in [3.8, 4) is 11.5 Å². The van der Waals surface area contributed by atoms with Gasteiger partial charge in [-0.25, -0.2) is 4.79 Å². The van der Waals surface area contributed by atoms with Gasteiger partial charge in [-0.1, -0.05) is 30.3 Å². The maximum atomic E-state index is 12.2. The van der Waals surface area contributed by atoms with Gasteiger partial charge in [0.05, 0.1) is 25.2 Å². The van der Waals surface area contributed by atoms with E-state index >= 15 is 0 Å². The molecule has 0 aliphatic carbocycles. The van der Waals surface area contributed by atoms with Gasteiger partial charge in [-0.2, -0.15) is 0 Å². The molecule has 1 amide bonds. The van der Waals surface area contributed by atoms with Gasteiger partial charge in [0.2, 0.25) is 0 Å². The summed E-state index contributed by atoms with van der Waals surface area (Å²) in [7, 11) is 2.65. The van der Waals surface area contributed by atoms with Gasteiger partial charge in [-0.15, -0.1) is 0 Å². The normalized spacial score (nSPS) is 10.1. The summed E-state index contributed by atoms with van der Waals surface area (Å²) in [5.41, 5.74) is 0.215. The van der Waals surface area contributed by atoms with Crippen LogP contribution in [0.4, 0.5) is 5.69 Å². The van der Waals surface area contributed by atoms with Crippen molar-refractivity contribution in [2.45, 2.75) is 6.42 Å². The fourth-order valence-electron chi connectivity index (χ4n) is 2.43. The van der Waals surface area contributed by atoms with Gasteiger partial charge in [-0.3, -0.25) is 14.9 Å². The van der Waals surface area contributed by atoms with Crippen LogP contribution in [-0.4, -0.2) is 44.2 Å². The molecule has 0 fully saturated rings. The zero-order valence-electron chi connectivity index (χ0n) is 15.5. The second kappa shape index (κ2) is 9.91. The van der Waals surface area contributed by atoms with Crippen LogP contribution in [0.5, 0.6) is 11.5 Å². The number of hydrogen-bond donors (Lipinski definition) is 1. The topological polar surface area (TPSA) is 117 Å². The van der Waals surface area contributed by atoms with Crippen molar-refractivity contribution in [1.29, 1.82) is 0 Å². The maximum absolute atomic E-state index is 12.2. The van der Waals surface area contributed by atoms with Gasteiger partial charge in [0, 0.05) is 12.6 Å². The molecule has 0 spiro atoms. The number of nitro groups is 1. The van der Waals surface area contributed by atoms with Crippen LogP contribution in [0.2, 0.25) is 0 Å². The second-order valence-electron chi connectivity index (χ2n) is 5.64. The highest BCUT2D eigenvalue weighted by Gasteiger charge is 2.26. The van der Waals surface area contributed by atoms with E-state index in [4.69, 9.17) is 14.2 Å². The van der Waals surface area contributed by atoms with E-state index in [1.807, 2.05) is 30.3 Å². The van der Waals surface area contributed by atoms with Crippen LogP contribution in [0.3, 0.4) is 0 Å². The van der Waals surface area contributed by atoms with E-state index in [1.165, 1.54) is 14.2 Å². The molecule has 0 saturated heterocycles. The molecule has 9 nitrogen and oxygen atoms in total. The predicted octanol–water partition coefficient (Wildman–Crippen LogP) is 2.13. The van der Waals surface area contributed by atoms with Crippen LogP contribution < -0.4 is 14.8 Å². The molecule has 0 unspecified atom stereocenters. The smallest absolute Gasteiger partial charge is 0.345 e. The molecule has 0 aromatic heterocycles. The molecule has 28 heavy (non-hydrogen) atoms. The minimum atomic E-state index is -1.01. The molecule has 1 N–H and O–H groups in total. The summed E-state index contributed by atoms with van der Waals surface area (Å²) in [5, 5.41) is 13.9. The molecule has 9 heteroatoms. The quantitative estimate of drug-likeness (QED) is 0.397. The molecule has 0 saturated carbocycles. The summed E-state index contributed by atoms with van der Waals surface area (Å²) < 4.78 is 14.9. The Balaban J connectivity index is 1.96. The van der Waals surface area contributed by atoms with E-state index in [2.05, 4.69) is 5.32 Å². The van der Waals surface area contributed by atoms with Crippen LogP contribution in [-0.2, 0) is 16.0 Å². The van der Waals surface area contributed by atoms with E-state index in [1.54, 1.807) is 0 Å². The minimum Gasteiger partial charge on any atom is -0.493 e. The molecule has 0 aliphatic rings. The average molecular weight is 388 g/mol. The van der Waals surface area contributed by atoms with Gasteiger partial charge in [0.1, 0.15) is 5.56 Å². The lowest BCUT2D eigenvalue weighted by molar-refractivity contribution is -0.385. The van der Waals surface area contributed by atoms with Gasteiger partial charge in [0.15, 0.2) is 18.1 Å². The number of nitrogens with one attached hydrogen (secondary N) is 1. The number of nitrogens with zero attached hydrogens (tertiary/aromatic N) is 1. The number of carbonyl (C=O) groups excluding carboxylic acids is 2. The number of amides is 1. The van der Waals surface area contributed by atoms with Crippen LogP contribution >= 0.6 is 0 Å². The van der Waals surface area contributed by atoms with Crippen LogP contribution in [0.15, 0.2) is 42.5 Å². The molecule has 0 aliphatic heterocycles. The Labute approximate surface area is 161 Å². The van der Waals surface area contributed by atoms with Crippen molar-refractivity contribution in [2.75, 3.05) is 27.4 Å². The second-order valence-corrected chi connectivity index (χ2v) is 5.64. The van der Waals surface area contributed by atoms with E-state index in [0.717, 1.165) is 17.7 Å². The third kappa shape index (κ3) is 5.44. The first-order valence-electron chi connectivity index (χ1n) is 8.34. The van der Waals surface area contributed by atoms with Crippen LogP contribution in [0.1, 0.15) is 15.9 Å². The average Bonchev–Trinajstić information content (AvgIpc) is 2.71. The lowest BCUT2D eigenvalue weighted by Crippen LogP contribution is -2.30. The summed E-state index contributed by atoms with van der Waals surface area (Å²) in [6.07, 6.45) is 0.627. The lowest BCUT2D eigenvalue weighted by atomic mass is 10.1. The maximum Gasteiger partial charge on any atom is 0.345 e. The van der Waals surface area contributed by atoms with E-state index in [9.17, 15) is 19.7 Å². The number of esters is 1. The van der Waals surface area contributed by atoms with Crippen molar-refractivity contribution in [3.63, 3.8) is 0 Å². The molecular formula is C19H20N2O7. The summed E-state index contributed by atoms with van der Waals surface area (Å²) >= 11 is 0. The highest BCUT2D eigenvalue weighted by molar-refractivity contribution is 5.96. The summed E-state index contributed by atoms with van der Waals surface area (Å²) in [6.45, 7) is -0.184. The minimum absolute atomic E-state index is 0.101. The number of ether oxygens (including phenoxy) is 3. The van der Waals surface area contributed by atoms with Crippen molar-refractivity contribution < 1.29 is 28.7 Å². The van der Waals surface area contributed by atoms with E-state index < -0.39 is 29.1 Å². The number of hydrogen-bond acceptors (Lipinski definition) is 7. The first kappa shape index (κ1) is 20.7. The Hall–Kier alpha value is -3.62. The Morgan fingerprint density at radius 1 is 1.07 bits per heavy atom.